The normalized spacial score (nSPS) is 17.8. The Morgan fingerprint density at radius 1 is 1.38 bits per heavy atom. The Bertz CT molecular complexity index is 424. The summed E-state index contributed by atoms with van der Waals surface area (Å²) in [6, 6.07) is 7.43. The molecule has 1 heterocycles. The standard InChI is InChI=1S/C13H15NO2/c1-9(2)16-13(15)12-11-6-4-3-5-10(11)7-8-14-12/h3-9,12,14H,1-2H3. The number of hydrogen-bond acceptors (Lipinski definition) is 3. The van der Waals surface area contributed by atoms with Crippen molar-refractivity contribution in [3.05, 3.63) is 41.6 Å². The van der Waals surface area contributed by atoms with E-state index in [4.69, 9.17) is 4.74 Å². The predicted octanol–water partition coefficient (Wildman–Crippen LogP) is 2.25. The van der Waals surface area contributed by atoms with Gasteiger partial charge >= 0.3 is 5.97 Å². The van der Waals surface area contributed by atoms with Crippen molar-refractivity contribution >= 4 is 12.0 Å². The van der Waals surface area contributed by atoms with Crippen molar-refractivity contribution in [2.45, 2.75) is 26.0 Å². The van der Waals surface area contributed by atoms with Gasteiger partial charge in [-0.15, -0.1) is 0 Å². The summed E-state index contributed by atoms with van der Waals surface area (Å²) in [7, 11) is 0. The lowest BCUT2D eigenvalue weighted by molar-refractivity contribution is -0.149. The van der Waals surface area contributed by atoms with Crippen LogP contribution in [0.2, 0.25) is 0 Å². The van der Waals surface area contributed by atoms with E-state index in [0.29, 0.717) is 0 Å². The van der Waals surface area contributed by atoms with E-state index in [9.17, 15) is 4.79 Å². The molecule has 0 amide bonds. The molecule has 1 aliphatic rings. The molecular formula is C13H15NO2. The van der Waals surface area contributed by atoms with Gasteiger partial charge in [0.05, 0.1) is 6.10 Å². The van der Waals surface area contributed by atoms with E-state index in [2.05, 4.69) is 5.32 Å². The fourth-order valence-corrected chi connectivity index (χ4v) is 1.74. The lowest BCUT2D eigenvalue weighted by Gasteiger charge is -2.22. The summed E-state index contributed by atoms with van der Waals surface area (Å²) >= 11 is 0. The second-order valence-electron chi connectivity index (χ2n) is 4.05. The van der Waals surface area contributed by atoms with Gasteiger partial charge in [0.25, 0.3) is 0 Å². The number of ether oxygens (including phenoxy) is 1. The van der Waals surface area contributed by atoms with Gasteiger partial charge in [0.2, 0.25) is 0 Å². The maximum Gasteiger partial charge on any atom is 0.333 e. The zero-order valence-corrected chi connectivity index (χ0v) is 9.44. The quantitative estimate of drug-likeness (QED) is 0.772. The van der Waals surface area contributed by atoms with Crippen LogP contribution < -0.4 is 5.32 Å². The first-order valence-corrected chi connectivity index (χ1v) is 5.40. The summed E-state index contributed by atoms with van der Waals surface area (Å²) in [6.45, 7) is 3.70. The third-order valence-electron chi connectivity index (χ3n) is 2.42. The third kappa shape index (κ3) is 2.08. The molecule has 1 aliphatic heterocycles. The summed E-state index contributed by atoms with van der Waals surface area (Å²) in [6.07, 6.45) is 3.65. The molecule has 0 saturated heterocycles. The van der Waals surface area contributed by atoms with Crippen molar-refractivity contribution < 1.29 is 9.53 Å². The van der Waals surface area contributed by atoms with Gasteiger partial charge in [-0.1, -0.05) is 24.3 Å². The molecule has 1 aromatic carbocycles. The molecule has 2 rings (SSSR count). The fraction of sp³-hybridized carbons (Fsp3) is 0.308. The van der Waals surface area contributed by atoms with Gasteiger partial charge in [0, 0.05) is 0 Å². The number of rotatable bonds is 2. The molecule has 0 saturated carbocycles. The van der Waals surface area contributed by atoms with E-state index >= 15 is 0 Å². The molecule has 16 heavy (non-hydrogen) atoms. The van der Waals surface area contributed by atoms with Gasteiger partial charge in [-0.3, -0.25) is 0 Å². The Morgan fingerprint density at radius 3 is 2.88 bits per heavy atom. The van der Waals surface area contributed by atoms with Crippen LogP contribution in [0.4, 0.5) is 0 Å². The highest BCUT2D eigenvalue weighted by Gasteiger charge is 2.25. The number of carbonyl (C=O) groups excluding carboxylic acids is 1. The van der Waals surface area contributed by atoms with Crippen LogP contribution in [0.25, 0.3) is 6.08 Å². The Hall–Kier alpha value is -1.77. The van der Waals surface area contributed by atoms with Gasteiger partial charge in [0.1, 0.15) is 0 Å². The Kier molecular flexibility index (Phi) is 2.95. The highest BCUT2D eigenvalue weighted by molar-refractivity contribution is 5.81. The van der Waals surface area contributed by atoms with E-state index in [1.807, 2.05) is 44.2 Å². The lowest BCUT2D eigenvalue weighted by Crippen LogP contribution is -2.30. The Balaban J connectivity index is 2.25. The smallest absolute Gasteiger partial charge is 0.333 e. The molecule has 1 aromatic rings. The van der Waals surface area contributed by atoms with Crippen LogP contribution >= 0.6 is 0 Å². The topological polar surface area (TPSA) is 38.3 Å². The van der Waals surface area contributed by atoms with E-state index in [-0.39, 0.29) is 18.1 Å². The maximum absolute atomic E-state index is 11.9. The van der Waals surface area contributed by atoms with Crippen molar-refractivity contribution in [3.8, 4) is 0 Å². The molecule has 3 nitrogen and oxygen atoms in total. The number of fused-ring (bicyclic) bond motifs is 1. The first-order valence-electron chi connectivity index (χ1n) is 5.40. The molecule has 3 heteroatoms. The van der Waals surface area contributed by atoms with E-state index in [1.54, 1.807) is 6.20 Å². The summed E-state index contributed by atoms with van der Waals surface area (Å²) in [5.74, 6) is -0.230. The molecule has 0 radical (unpaired) electrons. The molecule has 0 aromatic heterocycles. The number of hydrogen-bond donors (Lipinski definition) is 1. The van der Waals surface area contributed by atoms with Crippen LogP contribution in [0.5, 0.6) is 0 Å². The Labute approximate surface area is 95.1 Å². The molecule has 0 aliphatic carbocycles. The van der Waals surface area contributed by atoms with Crippen LogP contribution in [0.3, 0.4) is 0 Å². The number of esters is 1. The minimum atomic E-state index is -0.386. The predicted molar refractivity (Wildman–Crippen MR) is 62.6 cm³/mol. The van der Waals surface area contributed by atoms with Crippen LogP contribution in [0.1, 0.15) is 31.0 Å². The second kappa shape index (κ2) is 4.39. The number of benzene rings is 1. The maximum atomic E-state index is 11.9. The first kappa shape index (κ1) is 10.7. The van der Waals surface area contributed by atoms with Crippen LogP contribution in [-0.4, -0.2) is 12.1 Å². The zero-order valence-electron chi connectivity index (χ0n) is 9.44. The van der Waals surface area contributed by atoms with Crippen molar-refractivity contribution in [2.24, 2.45) is 0 Å². The van der Waals surface area contributed by atoms with E-state index in [0.717, 1.165) is 11.1 Å². The van der Waals surface area contributed by atoms with Gasteiger partial charge < -0.3 is 10.1 Å². The molecule has 84 valence electrons. The molecule has 0 fully saturated rings. The fourth-order valence-electron chi connectivity index (χ4n) is 1.74. The van der Waals surface area contributed by atoms with Crippen molar-refractivity contribution in [2.75, 3.05) is 0 Å². The minimum absolute atomic E-state index is 0.0904. The average Bonchev–Trinajstić information content (AvgIpc) is 2.27. The van der Waals surface area contributed by atoms with Gasteiger partial charge in [-0.05, 0) is 37.3 Å². The summed E-state index contributed by atoms with van der Waals surface area (Å²) in [5, 5.41) is 3.03. The largest absolute Gasteiger partial charge is 0.461 e. The molecule has 1 unspecified atom stereocenters. The number of carbonyl (C=O) groups is 1. The number of nitrogens with one attached hydrogen (secondary N) is 1. The molecule has 0 spiro atoms. The van der Waals surface area contributed by atoms with Crippen molar-refractivity contribution in [1.29, 1.82) is 0 Å². The molecule has 1 atom stereocenters. The average molecular weight is 217 g/mol. The summed E-state index contributed by atoms with van der Waals surface area (Å²) in [4.78, 5) is 11.9. The van der Waals surface area contributed by atoms with E-state index in [1.165, 1.54) is 0 Å². The highest BCUT2D eigenvalue weighted by atomic mass is 16.5. The first-order chi connectivity index (χ1) is 7.68. The Morgan fingerprint density at radius 2 is 2.12 bits per heavy atom. The van der Waals surface area contributed by atoms with Crippen LogP contribution in [0, 0.1) is 0 Å². The second-order valence-corrected chi connectivity index (χ2v) is 4.05. The molecule has 0 bridgehead atoms. The molecule has 1 N–H and O–H groups in total. The SMILES string of the molecule is CC(C)OC(=O)C1NC=Cc2ccccc21. The monoisotopic (exact) mass is 217 g/mol. The van der Waals surface area contributed by atoms with Gasteiger partial charge in [-0.25, -0.2) is 4.79 Å². The van der Waals surface area contributed by atoms with Crippen LogP contribution in [-0.2, 0) is 9.53 Å². The van der Waals surface area contributed by atoms with Gasteiger partial charge in [0.15, 0.2) is 6.04 Å². The third-order valence-corrected chi connectivity index (χ3v) is 2.42. The molecular weight excluding hydrogens is 202 g/mol. The van der Waals surface area contributed by atoms with Gasteiger partial charge in [-0.2, -0.15) is 0 Å². The summed E-state index contributed by atoms with van der Waals surface area (Å²) in [5.41, 5.74) is 2.03. The van der Waals surface area contributed by atoms with Crippen LogP contribution in [0.15, 0.2) is 30.5 Å². The lowest BCUT2D eigenvalue weighted by atomic mass is 9.98. The van der Waals surface area contributed by atoms with Crippen molar-refractivity contribution in [1.82, 2.24) is 5.32 Å². The van der Waals surface area contributed by atoms with Crippen molar-refractivity contribution in [3.63, 3.8) is 0 Å². The zero-order chi connectivity index (χ0) is 11.5. The highest BCUT2D eigenvalue weighted by Crippen LogP contribution is 2.24. The minimum Gasteiger partial charge on any atom is -0.461 e. The summed E-state index contributed by atoms with van der Waals surface area (Å²) < 4.78 is 5.21. The van der Waals surface area contributed by atoms with E-state index < -0.39 is 0 Å².